The summed E-state index contributed by atoms with van der Waals surface area (Å²) in [7, 11) is 0. The van der Waals surface area contributed by atoms with Gasteiger partial charge in [-0.2, -0.15) is 0 Å². The molecule has 0 unspecified atom stereocenters. The van der Waals surface area contributed by atoms with Crippen molar-refractivity contribution in [2.24, 2.45) is 5.92 Å². The minimum Gasteiger partial charge on any atom is -0.504 e. The van der Waals surface area contributed by atoms with Crippen molar-refractivity contribution >= 4 is 0 Å². The predicted octanol–water partition coefficient (Wildman–Crippen LogP) is 2.67. The highest BCUT2D eigenvalue weighted by molar-refractivity contribution is 5.48. The monoisotopic (exact) mass is 208 g/mol. The van der Waals surface area contributed by atoms with Crippen molar-refractivity contribution in [3.8, 4) is 17.2 Å². The molecule has 1 aliphatic rings. The average Bonchev–Trinajstić information content (AvgIpc) is 2.73. The van der Waals surface area contributed by atoms with Gasteiger partial charge in [0.25, 0.3) is 0 Å². The molecule has 1 fully saturated rings. The molecule has 1 aromatic carbocycles. The van der Waals surface area contributed by atoms with Gasteiger partial charge in [0.15, 0.2) is 11.5 Å². The quantitative estimate of drug-likeness (QED) is 0.751. The Kier molecular flexibility index (Phi) is 2.99. The number of rotatable bonds is 3. The molecule has 0 heterocycles. The van der Waals surface area contributed by atoms with Crippen LogP contribution in [0.15, 0.2) is 18.2 Å². The summed E-state index contributed by atoms with van der Waals surface area (Å²) in [5.41, 5.74) is 0. The maximum absolute atomic E-state index is 9.50. The standard InChI is InChI=1S/C12H16O3/c13-10-6-3-7-11(12(10)14)15-8-9-4-1-2-5-9/h3,6-7,9,13-14H,1-2,4-5,8H2. The van der Waals surface area contributed by atoms with Crippen LogP contribution < -0.4 is 4.74 Å². The Hall–Kier alpha value is -1.38. The van der Waals surface area contributed by atoms with Crippen molar-refractivity contribution < 1.29 is 14.9 Å². The number of benzene rings is 1. The van der Waals surface area contributed by atoms with Gasteiger partial charge in [0.2, 0.25) is 5.75 Å². The van der Waals surface area contributed by atoms with E-state index in [0.29, 0.717) is 18.3 Å². The molecule has 15 heavy (non-hydrogen) atoms. The lowest BCUT2D eigenvalue weighted by atomic mass is 10.1. The fourth-order valence-corrected chi connectivity index (χ4v) is 2.01. The maximum atomic E-state index is 9.50. The van der Waals surface area contributed by atoms with Crippen LogP contribution in [0.5, 0.6) is 17.2 Å². The molecule has 2 N–H and O–H groups in total. The van der Waals surface area contributed by atoms with Gasteiger partial charge in [-0.25, -0.2) is 0 Å². The summed E-state index contributed by atoms with van der Waals surface area (Å²) in [5.74, 6) is 0.697. The second-order valence-electron chi connectivity index (χ2n) is 4.09. The van der Waals surface area contributed by atoms with E-state index in [-0.39, 0.29) is 11.5 Å². The zero-order valence-corrected chi connectivity index (χ0v) is 8.65. The van der Waals surface area contributed by atoms with Crippen LogP contribution in [0.25, 0.3) is 0 Å². The van der Waals surface area contributed by atoms with Gasteiger partial charge in [0.1, 0.15) is 0 Å². The zero-order chi connectivity index (χ0) is 10.7. The highest BCUT2D eigenvalue weighted by Crippen LogP contribution is 2.35. The smallest absolute Gasteiger partial charge is 0.200 e. The third-order valence-corrected chi connectivity index (χ3v) is 2.93. The van der Waals surface area contributed by atoms with Crippen molar-refractivity contribution in [2.75, 3.05) is 6.61 Å². The summed E-state index contributed by atoms with van der Waals surface area (Å²) in [4.78, 5) is 0. The van der Waals surface area contributed by atoms with Crippen LogP contribution in [-0.4, -0.2) is 16.8 Å². The first-order chi connectivity index (χ1) is 7.27. The summed E-state index contributed by atoms with van der Waals surface area (Å²) in [6.45, 7) is 0.636. The van der Waals surface area contributed by atoms with E-state index in [1.54, 1.807) is 12.1 Å². The van der Waals surface area contributed by atoms with Crippen LogP contribution >= 0.6 is 0 Å². The van der Waals surface area contributed by atoms with E-state index in [0.717, 1.165) is 0 Å². The first-order valence-corrected chi connectivity index (χ1v) is 5.41. The van der Waals surface area contributed by atoms with Crippen LogP contribution in [0.3, 0.4) is 0 Å². The number of hydrogen-bond acceptors (Lipinski definition) is 3. The van der Waals surface area contributed by atoms with Gasteiger partial charge in [-0.15, -0.1) is 0 Å². The molecular weight excluding hydrogens is 192 g/mol. The second-order valence-corrected chi connectivity index (χ2v) is 4.09. The first kappa shape index (κ1) is 10.1. The van der Waals surface area contributed by atoms with Crippen LogP contribution in [0.1, 0.15) is 25.7 Å². The van der Waals surface area contributed by atoms with Gasteiger partial charge in [-0.3, -0.25) is 0 Å². The van der Waals surface area contributed by atoms with Gasteiger partial charge in [-0.1, -0.05) is 18.9 Å². The molecule has 1 aromatic rings. The third-order valence-electron chi connectivity index (χ3n) is 2.93. The molecule has 0 radical (unpaired) electrons. The zero-order valence-electron chi connectivity index (χ0n) is 8.65. The number of aromatic hydroxyl groups is 2. The van der Waals surface area contributed by atoms with Gasteiger partial charge in [0, 0.05) is 0 Å². The Morgan fingerprint density at radius 2 is 1.93 bits per heavy atom. The lowest BCUT2D eigenvalue weighted by Gasteiger charge is -2.12. The Bertz CT molecular complexity index is 330. The number of phenols is 2. The van der Waals surface area contributed by atoms with Crippen molar-refractivity contribution in [1.29, 1.82) is 0 Å². The molecule has 0 spiro atoms. The Labute approximate surface area is 89.3 Å². The maximum Gasteiger partial charge on any atom is 0.200 e. The van der Waals surface area contributed by atoms with Gasteiger partial charge >= 0.3 is 0 Å². The Morgan fingerprint density at radius 3 is 2.67 bits per heavy atom. The van der Waals surface area contributed by atoms with E-state index in [1.807, 2.05) is 0 Å². The normalized spacial score (nSPS) is 16.8. The third kappa shape index (κ3) is 2.35. The number of hydrogen-bond donors (Lipinski definition) is 2. The Morgan fingerprint density at radius 1 is 1.20 bits per heavy atom. The van der Waals surface area contributed by atoms with Gasteiger partial charge in [0.05, 0.1) is 6.61 Å². The van der Waals surface area contributed by atoms with E-state index < -0.39 is 0 Å². The molecule has 3 heteroatoms. The van der Waals surface area contributed by atoms with Crippen LogP contribution in [0.4, 0.5) is 0 Å². The minimum atomic E-state index is -0.157. The topological polar surface area (TPSA) is 49.7 Å². The highest BCUT2D eigenvalue weighted by Gasteiger charge is 2.16. The molecule has 1 saturated carbocycles. The number of ether oxygens (including phenoxy) is 1. The minimum absolute atomic E-state index is 0.126. The summed E-state index contributed by atoms with van der Waals surface area (Å²) in [6.07, 6.45) is 4.97. The van der Waals surface area contributed by atoms with Crippen LogP contribution in [0, 0.1) is 5.92 Å². The molecule has 82 valence electrons. The second kappa shape index (κ2) is 4.43. The summed E-state index contributed by atoms with van der Waals surface area (Å²) in [5, 5.41) is 18.8. The molecule has 0 saturated heterocycles. The lowest BCUT2D eigenvalue weighted by Crippen LogP contribution is -2.07. The number of para-hydroxylation sites is 1. The summed E-state index contributed by atoms with van der Waals surface area (Å²) in [6, 6.07) is 4.78. The molecule has 0 bridgehead atoms. The first-order valence-electron chi connectivity index (χ1n) is 5.41. The largest absolute Gasteiger partial charge is 0.504 e. The van der Waals surface area contributed by atoms with E-state index in [1.165, 1.54) is 31.7 Å². The molecule has 0 aromatic heterocycles. The van der Waals surface area contributed by atoms with Gasteiger partial charge in [-0.05, 0) is 30.9 Å². The fourth-order valence-electron chi connectivity index (χ4n) is 2.01. The molecule has 3 nitrogen and oxygen atoms in total. The van der Waals surface area contributed by atoms with E-state index >= 15 is 0 Å². The Balaban J connectivity index is 1.95. The predicted molar refractivity (Wildman–Crippen MR) is 57.2 cm³/mol. The summed E-state index contributed by atoms with van der Waals surface area (Å²) >= 11 is 0. The average molecular weight is 208 g/mol. The number of phenolic OH excluding ortho intramolecular Hbond substituents is 2. The molecule has 2 rings (SSSR count). The lowest BCUT2D eigenvalue weighted by molar-refractivity contribution is 0.240. The fraction of sp³-hybridized carbons (Fsp3) is 0.500. The highest BCUT2D eigenvalue weighted by atomic mass is 16.5. The molecule has 1 aliphatic carbocycles. The van der Waals surface area contributed by atoms with E-state index in [2.05, 4.69) is 0 Å². The molecule has 0 aliphatic heterocycles. The van der Waals surface area contributed by atoms with Crippen LogP contribution in [-0.2, 0) is 0 Å². The van der Waals surface area contributed by atoms with Crippen molar-refractivity contribution in [3.63, 3.8) is 0 Å². The van der Waals surface area contributed by atoms with Crippen LogP contribution in [0.2, 0.25) is 0 Å². The summed E-state index contributed by atoms with van der Waals surface area (Å²) < 4.78 is 5.49. The van der Waals surface area contributed by atoms with Crippen molar-refractivity contribution in [2.45, 2.75) is 25.7 Å². The van der Waals surface area contributed by atoms with Crippen molar-refractivity contribution in [3.05, 3.63) is 18.2 Å². The molecular formula is C12H16O3. The van der Waals surface area contributed by atoms with E-state index in [4.69, 9.17) is 4.74 Å². The SMILES string of the molecule is Oc1cccc(OCC2CCCC2)c1O. The van der Waals surface area contributed by atoms with E-state index in [9.17, 15) is 10.2 Å². The molecule has 0 amide bonds. The van der Waals surface area contributed by atoms with Gasteiger partial charge < -0.3 is 14.9 Å². The molecule has 0 atom stereocenters. The van der Waals surface area contributed by atoms with Crippen molar-refractivity contribution in [1.82, 2.24) is 0 Å².